The van der Waals surface area contributed by atoms with Gasteiger partial charge in [-0.3, -0.25) is 4.79 Å². The lowest BCUT2D eigenvalue weighted by atomic mass is 9.95. The van der Waals surface area contributed by atoms with E-state index in [4.69, 9.17) is 4.74 Å². The lowest BCUT2D eigenvalue weighted by molar-refractivity contribution is -0.140. The SMILES string of the molecule is CCC1OCCC1C(=O)N(C)C(C)(C)CBr. The van der Waals surface area contributed by atoms with Crippen LogP contribution in [0.2, 0.25) is 0 Å². The molecule has 94 valence electrons. The van der Waals surface area contributed by atoms with Gasteiger partial charge in [0.1, 0.15) is 0 Å². The summed E-state index contributed by atoms with van der Waals surface area (Å²) < 4.78 is 5.57. The first-order valence-corrected chi connectivity index (χ1v) is 7.01. The van der Waals surface area contributed by atoms with Crippen LogP contribution in [-0.4, -0.2) is 41.4 Å². The fourth-order valence-electron chi connectivity index (χ4n) is 1.97. The molecule has 1 rings (SSSR count). The molecule has 1 aliphatic heterocycles. The summed E-state index contributed by atoms with van der Waals surface area (Å²) in [5, 5.41) is 0.784. The molecule has 1 fully saturated rings. The standard InChI is InChI=1S/C12H22BrNO2/c1-5-10-9(6-7-16-10)11(15)14(4)12(2,3)8-13/h9-10H,5-8H2,1-4H3. The second-order valence-corrected chi connectivity index (χ2v) is 5.62. The van der Waals surface area contributed by atoms with Gasteiger partial charge in [-0.2, -0.15) is 0 Å². The van der Waals surface area contributed by atoms with Crippen molar-refractivity contribution in [2.45, 2.75) is 45.3 Å². The quantitative estimate of drug-likeness (QED) is 0.745. The Hall–Kier alpha value is -0.0900. The Bertz CT molecular complexity index is 251. The van der Waals surface area contributed by atoms with E-state index in [0.29, 0.717) is 0 Å². The predicted molar refractivity (Wildman–Crippen MR) is 68.8 cm³/mol. The van der Waals surface area contributed by atoms with Gasteiger partial charge in [-0.15, -0.1) is 0 Å². The summed E-state index contributed by atoms with van der Waals surface area (Å²) in [6.45, 7) is 6.93. The van der Waals surface area contributed by atoms with Crippen molar-refractivity contribution in [2.75, 3.05) is 19.0 Å². The summed E-state index contributed by atoms with van der Waals surface area (Å²) in [5.41, 5.74) is -0.141. The zero-order chi connectivity index (χ0) is 12.3. The van der Waals surface area contributed by atoms with E-state index in [9.17, 15) is 4.79 Å². The van der Waals surface area contributed by atoms with Gasteiger partial charge in [-0.05, 0) is 26.7 Å². The Morgan fingerprint density at radius 1 is 1.56 bits per heavy atom. The Kier molecular flexibility index (Phi) is 4.80. The summed E-state index contributed by atoms with van der Waals surface area (Å²) in [5.74, 6) is 0.266. The van der Waals surface area contributed by atoms with Gasteiger partial charge in [0.15, 0.2) is 0 Å². The number of rotatable bonds is 4. The fraction of sp³-hybridized carbons (Fsp3) is 0.917. The highest BCUT2D eigenvalue weighted by Gasteiger charge is 2.38. The maximum absolute atomic E-state index is 12.3. The minimum Gasteiger partial charge on any atom is -0.377 e. The van der Waals surface area contributed by atoms with Crippen molar-refractivity contribution in [2.24, 2.45) is 5.92 Å². The topological polar surface area (TPSA) is 29.5 Å². The van der Waals surface area contributed by atoms with Gasteiger partial charge in [-0.1, -0.05) is 22.9 Å². The monoisotopic (exact) mass is 291 g/mol. The molecule has 0 aromatic rings. The molecule has 2 atom stereocenters. The number of ether oxygens (including phenoxy) is 1. The number of hydrogen-bond acceptors (Lipinski definition) is 2. The molecule has 0 spiro atoms. The zero-order valence-electron chi connectivity index (χ0n) is 10.6. The number of carbonyl (C=O) groups is 1. The highest BCUT2D eigenvalue weighted by atomic mass is 79.9. The highest BCUT2D eigenvalue weighted by Crippen LogP contribution is 2.28. The van der Waals surface area contributed by atoms with Crippen LogP contribution in [0.4, 0.5) is 0 Å². The molecule has 0 saturated carbocycles. The van der Waals surface area contributed by atoms with Gasteiger partial charge >= 0.3 is 0 Å². The van der Waals surface area contributed by atoms with E-state index in [2.05, 4.69) is 36.7 Å². The zero-order valence-corrected chi connectivity index (χ0v) is 12.2. The first kappa shape index (κ1) is 14.0. The van der Waals surface area contributed by atoms with E-state index in [1.807, 2.05) is 11.9 Å². The van der Waals surface area contributed by atoms with E-state index in [-0.39, 0.29) is 23.5 Å². The number of carbonyl (C=O) groups excluding carboxylic acids is 1. The largest absolute Gasteiger partial charge is 0.377 e. The Morgan fingerprint density at radius 3 is 2.69 bits per heavy atom. The first-order valence-electron chi connectivity index (χ1n) is 5.89. The van der Waals surface area contributed by atoms with Crippen molar-refractivity contribution in [3.8, 4) is 0 Å². The molecule has 0 bridgehead atoms. The summed E-state index contributed by atoms with van der Waals surface area (Å²) in [4.78, 5) is 14.2. The number of nitrogens with zero attached hydrogens (tertiary/aromatic N) is 1. The maximum atomic E-state index is 12.3. The van der Waals surface area contributed by atoms with Crippen LogP contribution in [0, 0.1) is 5.92 Å². The Morgan fingerprint density at radius 2 is 2.19 bits per heavy atom. The Balaban J connectivity index is 2.70. The highest BCUT2D eigenvalue weighted by molar-refractivity contribution is 9.09. The van der Waals surface area contributed by atoms with Crippen LogP contribution in [0.1, 0.15) is 33.6 Å². The van der Waals surface area contributed by atoms with Gasteiger partial charge in [0.2, 0.25) is 5.91 Å². The molecule has 0 radical (unpaired) electrons. The number of alkyl halides is 1. The predicted octanol–water partition coefficient (Wildman–Crippen LogP) is 2.43. The third-order valence-electron chi connectivity index (χ3n) is 3.49. The van der Waals surface area contributed by atoms with Crippen LogP contribution in [0.5, 0.6) is 0 Å². The van der Waals surface area contributed by atoms with E-state index >= 15 is 0 Å². The molecule has 1 aliphatic rings. The molecule has 1 saturated heterocycles. The molecule has 0 aromatic heterocycles. The number of halogens is 1. The number of amides is 1. The van der Waals surface area contributed by atoms with Crippen LogP contribution >= 0.6 is 15.9 Å². The van der Waals surface area contributed by atoms with Gasteiger partial charge in [-0.25, -0.2) is 0 Å². The average molecular weight is 292 g/mol. The first-order chi connectivity index (χ1) is 7.44. The van der Waals surface area contributed by atoms with Crippen LogP contribution < -0.4 is 0 Å². The molecule has 3 nitrogen and oxygen atoms in total. The molecule has 1 amide bonds. The van der Waals surface area contributed by atoms with Crippen LogP contribution in [0.15, 0.2) is 0 Å². The summed E-state index contributed by atoms with van der Waals surface area (Å²) >= 11 is 3.46. The average Bonchev–Trinajstić information content (AvgIpc) is 2.74. The van der Waals surface area contributed by atoms with Crippen molar-refractivity contribution in [3.05, 3.63) is 0 Å². The summed E-state index contributed by atoms with van der Waals surface area (Å²) in [6, 6.07) is 0. The smallest absolute Gasteiger partial charge is 0.228 e. The molecule has 1 heterocycles. The van der Waals surface area contributed by atoms with Crippen molar-refractivity contribution in [3.63, 3.8) is 0 Å². The van der Waals surface area contributed by atoms with E-state index in [1.54, 1.807) is 0 Å². The van der Waals surface area contributed by atoms with Crippen molar-refractivity contribution in [1.82, 2.24) is 4.90 Å². The number of hydrogen-bond donors (Lipinski definition) is 0. The van der Waals surface area contributed by atoms with Crippen LogP contribution in [0.25, 0.3) is 0 Å². The summed E-state index contributed by atoms with van der Waals surface area (Å²) in [7, 11) is 1.88. The molecule has 16 heavy (non-hydrogen) atoms. The van der Waals surface area contributed by atoms with Gasteiger partial charge in [0.25, 0.3) is 0 Å². The minimum absolute atomic E-state index is 0.0494. The Labute approximate surface area is 107 Å². The van der Waals surface area contributed by atoms with E-state index in [0.717, 1.165) is 24.8 Å². The van der Waals surface area contributed by atoms with Crippen molar-refractivity contribution in [1.29, 1.82) is 0 Å². The second kappa shape index (κ2) is 5.50. The third kappa shape index (κ3) is 2.77. The van der Waals surface area contributed by atoms with Gasteiger partial charge < -0.3 is 9.64 Å². The lowest BCUT2D eigenvalue weighted by Crippen LogP contribution is -2.49. The third-order valence-corrected chi connectivity index (χ3v) is 4.87. The summed E-state index contributed by atoms with van der Waals surface area (Å²) in [6.07, 6.45) is 1.89. The molecule has 0 aromatic carbocycles. The van der Waals surface area contributed by atoms with Crippen molar-refractivity contribution < 1.29 is 9.53 Å². The second-order valence-electron chi connectivity index (χ2n) is 5.06. The molecule has 2 unspecified atom stereocenters. The maximum Gasteiger partial charge on any atom is 0.228 e. The van der Waals surface area contributed by atoms with E-state index in [1.165, 1.54) is 0 Å². The van der Waals surface area contributed by atoms with Crippen LogP contribution in [-0.2, 0) is 9.53 Å². The van der Waals surface area contributed by atoms with Gasteiger partial charge in [0, 0.05) is 24.5 Å². The van der Waals surface area contributed by atoms with Crippen LogP contribution in [0.3, 0.4) is 0 Å². The molecule has 4 heteroatoms. The molecular weight excluding hydrogens is 270 g/mol. The van der Waals surface area contributed by atoms with Crippen molar-refractivity contribution >= 4 is 21.8 Å². The normalized spacial score (nSPS) is 25.8. The molecule has 0 aliphatic carbocycles. The fourth-order valence-corrected chi connectivity index (χ4v) is 2.35. The van der Waals surface area contributed by atoms with Gasteiger partial charge in [0.05, 0.1) is 12.0 Å². The molecule has 0 N–H and O–H groups in total. The lowest BCUT2D eigenvalue weighted by Gasteiger charge is -2.36. The minimum atomic E-state index is -0.141. The van der Waals surface area contributed by atoms with E-state index < -0.39 is 0 Å². The molecular formula is C12H22BrNO2.